The second kappa shape index (κ2) is 16.0. The van der Waals surface area contributed by atoms with Crippen molar-refractivity contribution in [3.63, 3.8) is 0 Å². The Bertz CT molecular complexity index is 1970. The van der Waals surface area contributed by atoms with Crippen molar-refractivity contribution in [1.82, 2.24) is 19.9 Å². The molecule has 1 aliphatic heterocycles. The number of halogens is 2. The predicted octanol–water partition coefficient (Wildman–Crippen LogP) is 4.92. The van der Waals surface area contributed by atoms with E-state index < -0.39 is 35.6 Å². The second-order valence-corrected chi connectivity index (χ2v) is 12.1. The van der Waals surface area contributed by atoms with Crippen molar-refractivity contribution in [2.45, 2.75) is 32.4 Å². The fourth-order valence-electron chi connectivity index (χ4n) is 5.90. The summed E-state index contributed by atoms with van der Waals surface area (Å²) in [6, 6.07) is 12.7. The van der Waals surface area contributed by atoms with Gasteiger partial charge >= 0.3 is 12.1 Å². The maximum absolute atomic E-state index is 14.4. The van der Waals surface area contributed by atoms with E-state index in [2.05, 4.69) is 15.4 Å². The number of fused-ring (bicyclic) bond motifs is 1. The van der Waals surface area contributed by atoms with E-state index in [0.29, 0.717) is 39.8 Å². The summed E-state index contributed by atoms with van der Waals surface area (Å²) in [5.74, 6) is 0.253. The van der Waals surface area contributed by atoms with E-state index in [0.717, 1.165) is 0 Å². The Balaban J connectivity index is 1.58. The van der Waals surface area contributed by atoms with Crippen LogP contribution >= 0.6 is 11.6 Å². The van der Waals surface area contributed by atoms with Crippen LogP contribution < -0.4 is 35.6 Å². The second-order valence-electron chi connectivity index (χ2n) is 11.6. The number of anilines is 2. The van der Waals surface area contributed by atoms with E-state index >= 15 is 0 Å². The highest BCUT2D eigenvalue weighted by Crippen LogP contribution is 2.37. The van der Waals surface area contributed by atoms with Gasteiger partial charge in [-0.3, -0.25) is 14.5 Å². The first-order valence-electron chi connectivity index (χ1n) is 16.2. The van der Waals surface area contributed by atoms with Gasteiger partial charge in [-0.1, -0.05) is 18.5 Å². The third kappa shape index (κ3) is 7.93. The summed E-state index contributed by atoms with van der Waals surface area (Å²) in [4.78, 5) is 61.7. The molecule has 1 fully saturated rings. The van der Waals surface area contributed by atoms with E-state index in [9.17, 15) is 23.6 Å². The van der Waals surface area contributed by atoms with E-state index in [1.807, 2.05) is 0 Å². The SMILES string of the molecule is CCC(NC(=O)OC)C(=O)N1CCN(n2c(C(C)N(C(=O)Nc3ccc(F)cc3)c3ccc(OC)cc3OC)nc3ccc(Cl)cc3c2=O)CC1. The van der Waals surface area contributed by atoms with Crippen LogP contribution in [0.3, 0.4) is 0 Å². The highest BCUT2D eigenvalue weighted by atomic mass is 35.5. The Morgan fingerprint density at radius 2 is 1.69 bits per heavy atom. The number of ether oxygens (including phenoxy) is 3. The largest absolute Gasteiger partial charge is 0.497 e. The maximum atomic E-state index is 14.4. The molecule has 51 heavy (non-hydrogen) atoms. The number of amides is 4. The number of hydrogen-bond donors (Lipinski definition) is 2. The molecule has 2 atom stereocenters. The van der Waals surface area contributed by atoms with E-state index in [-0.39, 0.29) is 43.3 Å². The van der Waals surface area contributed by atoms with Crippen LogP contribution in [0.15, 0.2) is 65.5 Å². The average molecular weight is 724 g/mol. The zero-order valence-corrected chi connectivity index (χ0v) is 29.6. The zero-order valence-electron chi connectivity index (χ0n) is 28.8. The lowest BCUT2D eigenvalue weighted by atomic mass is 10.1. The lowest BCUT2D eigenvalue weighted by Crippen LogP contribution is -2.59. The van der Waals surface area contributed by atoms with E-state index in [1.54, 1.807) is 54.1 Å². The number of aromatic nitrogens is 2. The number of urea groups is 1. The molecule has 1 saturated heterocycles. The Hall–Kier alpha value is -5.57. The van der Waals surface area contributed by atoms with Crippen LogP contribution in [0.4, 0.5) is 25.4 Å². The first-order chi connectivity index (χ1) is 24.5. The molecule has 5 rings (SSSR count). The van der Waals surface area contributed by atoms with Gasteiger partial charge in [0.15, 0.2) is 5.82 Å². The molecule has 0 aliphatic carbocycles. The molecule has 1 aliphatic rings. The lowest BCUT2D eigenvalue weighted by molar-refractivity contribution is -0.133. The van der Waals surface area contributed by atoms with Gasteiger partial charge in [-0.2, -0.15) is 0 Å². The molecule has 2 N–H and O–H groups in total. The molecule has 0 radical (unpaired) electrons. The third-order valence-electron chi connectivity index (χ3n) is 8.59. The summed E-state index contributed by atoms with van der Waals surface area (Å²) < 4.78 is 30.9. The van der Waals surface area contributed by atoms with Gasteiger partial charge in [-0.25, -0.2) is 23.6 Å². The summed E-state index contributed by atoms with van der Waals surface area (Å²) in [6.45, 7) is 4.41. The Morgan fingerprint density at radius 1 is 0.980 bits per heavy atom. The number of rotatable bonds is 10. The van der Waals surface area contributed by atoms with Gasteiger partial charge < -0.3 is 34.8 Å². The van der Waals surface area contributed by atoms with Crippen LogP contribution in [0.25, 0.3) is 10.9 Å². The minimum Gasteiger partial charge on any atom is -0.497 e. The summed E-state index contributed by atoms with van der Waals surface area (Å²) >= 11 is 6.31. The summed E-state index contributed by atoms with van der Waals surface area (Å²) in [5.41, 5.74) is 0.596. The van der Waals surface area contributed by atoms with Gasteiger partial charge in [0, 0.05) is 29.9 Å². The number of methoxy groups -OCH3 is 3. The fraction of sp³-hybridized carbons (Fsp3) is 0.343. The minimum absolute atomic E-state index is 0.209. The van der Waals surface area contributed by atoms with Crippen LogP contribution in [-0.2, 0) is 9.53 Å². The molecule has 2 heterocycles. The van der Waals surface area contributed by atoms with Gasteiger partial charge in [0.1, 0.15) is 23.4 Å². The third-order valence-corrected chi connectivity index (χ3v) is 8.82. The van der Waals surface area contributed by atoms with Gasteiger partial charge in [0.2, 0.25) is 5.91 Å². The van der Waals surface area contributed by atoms with Crippen molar-refractivity contribution in [2.75, 3.05) is 62.7 Å². The van der Waals surface area contributed by atoms with Crippen molar-refractivity contribution < 1.29 is 33.0 Å². The molecule has 4 aromatic rings. The van der Waals surface area contributed by atoms with Gasteiger partial charge in [-0.15, -0.1) is 0 Å². The molecular weight excluding hydrogens is 685 g/mol. The van der Waals surface area contributed by atoms with Crippen molar-refractivity contribution in [3.05, 3.63) is 87.7 Å². The monoisotopic (exact) mass is 723 g/mol. The first kappa shape index (κ1) is 36.7. The Kier molecular flexibility index (Phi) is 11.5. The zero-order chi connectivity index (χ0) is 36.8. The highest BCUT2D eigenvalue weighted by molar-refractivity contribution is 6.31. The number of piperazine rings is 1. The van der Waals surface area contributed by atoms with Gasteiger partial charge in [0.25, 0.3) is 5.56 Å². The number of benzene rings is 3. The molecule has 0 spiro atoms. The van der Waals surface area contributed by atoms with Crippen molar-refractivity contribution in [1.29, 1.82) is 0 Å². The maximum Gasteiger partial charge on any atom is 0.407 e. The Morgan fingerprint density at radius 3 is 2.31 bits per heavy atom. The lowest BCUT2D eigenvalue weighted by Gasteiger charge is -2.40. The molecule has 0 saturated carbocycles. The van der Waals surface area contributed by atoms with Crippen LogP contribution in [0.1, 0.15) is 32.1 Å². The highest BCUT2D eigenvalue weighted by Gasteiger charge is 2.34. The van der Waals surface area contributed by atoms with Crippen molar-refractivity contribution >= 4 is 51.9 Å². The quantitative estimate of drug-likeness (QED) is 0.233. The molecule has 270 valence electrons. The van der Waals surface area contributed by atoms with Crippen LogP contribution in [0.5, 0.6) is 11.5 Å². The van der Waals surface area contributed by atoms with Gasteiger partial charge in [0.05, 0.1) is 57.1 Å². The standard InChI is InChI=1S/C35H39ClFN7O7/c1-6-27(40-35(48)51-5)33(46)41-15-17-42(18-16-41)44-31(39-28-13-7-22(36)19-26(28)32(44)45)21(2)43(29-14-12-25(49-3)20-30(29)50-4)34(47)38-24-10-8-23(37)9-11-24/h7-14,19-21,27H,6,15-18H2,1-5H3,(H,38,47)(H,40,48). The fourth-order valence-corrected chi connectivity index (χ4v) is 6.07. The number of carbonyl (C=O) groups is 3. The number of carbonyl (C=O) groups excluding carboxylic acids is 3. The normalized spacial score (nSPS) is 14.0. The number of hydrogen-bond acceptors (Lipinski definition) is 9. The van der Waals surface area contributed by atoms with Crippen LogP contribution in [-0.4, -0.2) is 86.1 Å². The van der Waals surface area contributed by atoms with Crippen molar-refractivity contribution in [2.24, 2.45) is 0 Å². The average Bonchev–Trinajstić information content (AvgIpc) is 3.14. The smallest absolute Gasteiger partial charge is 0.407 e. The summed E-state index contributed by atoms with van der Waals surface area (Å²) in [7, 11) is 4.19. The first-order valence-corrected chi connectivity index (χ1v) is 16.6. The summed E-state index contributed by atoms with van der Waals surface area (Å²) in [6.07, 6.45) is -0.351. The van der Waals surface area contributed by atoms with Gasteiger partial charge in [-0.05, 0) is 67.9 Å². The summed E-state index contributed by atoms with van der Waals surface area (Å²) in [5, 5.41) is 7.75. The molecular formula is C35H39ClFN7O7. The predicted molar refractivity (Wildman–Crippen MR) is 191 cm³/mol. The number of alkyl carbamates (subject to hydrolysis) is 1. The van der Waals surface area contributed by atoms with Crippen LogP contribution in [0.2, 0.25) is 5.02 Å². The van der Waals surface area contributed by atoms with E-state index in [1.165, 1.54) is 61.2 Å². The Labute approximate surface area is 298 Å². The topological polar surface area (TPSA) is 148 Å². The number of nitrogens with one attached hydrogen (secondary N) is 2. The van der Waals surface area contributed by atoms with Crippen LogP contribution in [0, 0.1) is 5.82 Å². The molecule has 0 bridgehead atoms. The minimum atomic E-state index is -0.922. The molecule has 1 aromatic heterocycles. The molecule has 3 aromatic carbocycles. The molecule has 4 amide bonds. The molecule has 16 heteroatoms. The molecule has 14 nitrogen and oxygen atoms in total. The number of nitrogens with zero attached hydrogens (tertiary/aromatic N) is 5. The van der Waals surface area contributed by atoms with Crippen molar-refractivity contribution in [3.8, 4) is 11.5 Å². The van der Waals surface area contributed by atoms with E-state index in [4.69, 9.17) is 26.1 Å². The molecule has 2 unspecified atom stereocenters.